The molecule has 72 heavy (non-hydrogen) atoms. The van der Waals surface area contributed by atoms with E-state index in [1.807, 2.05) is 13.0 Å². The van der Waals surface area contributed by atoms with Gasteiger partial charge in [0.05, 0.1) is 118 Å². The van der Waals surface area contributed by atoms with Crippen molar-refractivity contribution >= 4 is 47.1 Å². The number of fused-ring (bicyclic) bond motifs is 5. The minimum atomic E-state index is -1.86. The summed E-state index contributed by atoms with van der Waals surface area (Å²) < 4.78 is 62.3. The number of benzene rings is 1. The van der Waals surface area contributed by atoms with Crippen molar-refractivity contribution in [1.29, 1.82) is 0 Å². The Bertz CT molecular complexity index is 2000. The lowest BCUT2D eigenvalue weighted by Crippen LogP contribution is -2.63. The van der Waals surface area contributed by atoms with Crippen LogP contribution in [0.4, 0.5) is 10.5 Å². The van der Waals surface area contributed by atoms with Gasteiger partial charge in [-0.3, -0.25) is 19.7 Å². The van der Waals surface area contributed by atoms with E-state index >= 15 is 0 Å². The Morgan fingerprint density at radius 3 is 2.12 bits per heavy atom. The van der Waals surface area contributed by atoms with Gasteiger partial charge in [0.1, 0.15) is 40.7 Å². The molecule has 1 aromatic carbocycles. The third kappa shape index (κ3) is 18.2. The maximum absolute atomic E-state index is 14.3. The number of nitrogens with two attached hydrogens (primary N) is 1. The van der Waals surface area contributed by atoms with Crippen molar-refractivity contribution in [2.45, 2.75) is 95.2 Å². The summed E-state index contributed by atoms with van der Waals surface area (Å²) >= 11 is 6.80. The number of methoxy groups -OCH3 is 2. The first-order valence-electron chi connectivity index (χ1n) is 24.2. The quantitative estimate of drug-likeness (QED) is 0.0558. The number of halogens is 1. The first-order valence-corrected chi connectivity index (χ1v) is 24.5. The van der Waals surface area contributed by atoms with E-state index in [9.17, 15) is 29.1 Å². The smallest absolute Gasteiger partial charge is 0.409 e. The monoisotopic (exact) mass is 1040 g/mol. The predicted molar refractivity (Wildman–Crippen MR) is 263 cm³/mol. The van der Waals surface area contributed by atoms with Crippen LogP contribution < -0.4 is 26.0 Å². The second-order valence-electron chi connectivity index (χ2n) is 17.9. The maximum Gasteiger partial charge on any atom is 0.409 e. The van der Waals surface area contributed by atoms with Crippen LogP contribution in [-0.2, 0) is 73.0 Å². The highest BCUT2D eigenvalue weighted by molar-refractivity contribution is 6.35. The molecule has 1 unspecified atom stereocenters. The molecule has 8 atom stereocenters. The van der Waals surface area contributed by atoms with Crippen LogP contribution in [0.25, 0.3) is 0 Å². The number of allylic oxidation sites excluding steroid dienone is 3. The number of carbonyl (C=O) groups excluding carboxylic acids is 5. The van der Waals surface area contributed by atoms with Gasteiger partial charge in [0.25, 0.3) is 0 Å². The number of ether oxygens (including phenoxy) is 11. The third-order valence-electron chi connectivity index (χ3n) is 12.6. The number of esters is 1. The zero-order chi connectivity index (χ0) is 52.8. The molecule has 0 radical (unpaired) electrons. The topological polar surface area (TPSA) is 267 Å². The van der Waals surface area contributed by atoms with Crippen molar-refractivity contribution in [3.05, 3.63) is 46.5 Å². The average Bonchev–Trinajstić information content (AvgIpc) is 4.05. The Kier molecular flexibility index (Phi) is 25.1. The fraction of sp³-hybridized carbons (Fsp3) is 0.694. The van der Waals surface area contributed by atoms with Crippen LogP contribution in [0.15, 0.2) is 35.9 Å². The highest BCUT2D eigenvalue weighted by Gasteiger charge is 2.64. The summed E-state index contributed by atoms with van der Waals surface area (Å²) in [6.07, 6.45) is 0.594. The van der Waals surface area contributed by atoms with Gasteiger partial charge in [-0.1, -0.05) is 42.3 Å². The van der Waals surface area contributed by atoms with E-state index in [1.54, 1.807) is 45.2 Å². The number of carbonyl (C=O) groups is 5. The second kappa shape index (κ2) is 30.0. The number of rotatable bonds is 27. The Morgan fingerprint density at radius 2 is 1.56 bits per heavy atom. The summed E-state index contributed by atoms with van der Waals surface area (Å²) in [5.41, 5.74) is 4.15. The van der Waals surface area contributed by atoms with Crippen molar-refractivity contribution in [2.24, 2.45) is 11.7 Å². The normalized spacial score (nSPS) is 26.0. The van der Waals surface area contributed by atoms with E-state index in [4.69, 9.17) is 69.4 Å². The van der Waals surface area contributed by atoms with Gasteiger partial charge in [0.15, 0.2) is 5.72 Å². The molecule has 0 aromatic heterocycles. The van der Waals surface area contributed by atoms with Gasteiger partial charge in [-0.2, -0.15) is 0 Å². The lowest BCUT2D eigenvalue weighted by atomic mass is 9.83. The minimum Gasteiger partial charge on any atom is -0.495 e. The van der Waals surface area contributed by atoms with Crippen LogP contribution in [0.3, 0.4) is 0 Å². The van der Waals surface area contributed by atoms with Crippen LogP contribution in [0.2, 0.25) is 5.02 Å². The lowest BCUT2D eigenvalue weighted by Gasteiger charge is -2.42. The van der Waals surface area contributed by atoms with Gasteiger partial charge >= 0.3 is 12.1 Å². The Morgan fingerprint density at radius 1 is 0.972 bits per heavy atom. The van der Waals surface area contributed by atoms with E-state index in [1.165, 1.54) is 38.0 Å². The molecule has 2 saturated heterocycles. The molecule has 0 spiro atoms. The summed E-state index contributed by atoms with van der Waals surface area (Å²) in [5.74, 6) is -2.08. The predicted octanol–water partition coefficient (Wildman–Crippen LogP) is 2.08. The van der Waals surface area contributed by atoms with Gasteiger partial charge in [-0.05, 0) is 44.9 Å². The molecule has 22 nitrogen and oxygen atoms in total. The molecule has 23 heteroatoms. The van der Waals surface area contributed by atoms with Crippen molar-refractivity contribution < 1.29 is 81.2 Å². The minimum absolute atomic E-state index is 0.0285. The van der Waals surface area contributed by atoms with E-state index in [2.05, 4.69) is 10.6 Å². The molecule has 0 saturated carbocycles. The molecule has 3 aliphatic heterocycles. The van der Waals surface area contributed by atoms with Gasteiger partial charge < -0.3 is 78.1 Å². The number of likely N-dealkylation sites (N-methyl/N-ethyl adjacent to an activating group) is 1. The largest absolute Gasteiger partial charge is 0.495 e. The van der Waals surface area contributed by atoms with Crippen molar-refractivity contribution in [1.82, 2.24) is 15.5 Å². The summed E-state index contributed by atoms with van der Waals surface area (Å²) in [6.45, 7) is 11.3. The van der Waals surface area contributed by atoms with E-state index in [0.29, 0.717) is 83.9 Å². The number of aliphatic hydroxyl groups is 1. The Hall–Kier alpha value is -4.46. The zero-order valence-corrected chi connectivity index (χ0v) is 43.7. The first kappa shape index (κ1) is 60.1. The van der Waals surface area contributed by atoms with Crippen LogP contribution in [0, 0.1) is 5.92 Å². The molecule has 406 valence electrons. The number of nitrogens with one attached hydrogen (secondary N) is 2. The van der Waals surface area contributed by atoms with Crippen LogP contribution in [0.1, 0.15) is 52.5 Å². The van der Waals surface area contributed by atoms with Gasteiger partial charge in [-0.25, -0.2) is 9.59 Å². The number of hydrogen-bond acceptors (Lipinski definition) is 18. The lowest BCUT2D eigenvalue weighted by molar-refractivity contribution is -0.162. The standard InChI is InChI=1S/C49H76ClN5O17/c1-32-10-9-11-39(63-8)49(61)30-38(70-47(60)53-49)33(2)45-48(4,72-45)40(29-43(58)55(6)36-27-35(26-32)28-37(62-7)44(36)50)71-46(59)34(3)54(5)42(57)12-14-64-16-18-66-20-22-68-24-25-69-23-21-67-19-17-65-15-13-52-41(56)31-51/h9-11,27-28,33-34,38-40,45,61H,12-26,29-31,51H2,1-8H3,(H,52,56)(H,53,60)/b11-9+,32-10+/t33-,34+,38+,39-,40+,45?,48+,49-/m1/s1. The Labute approximate surface area is 427 Å². The third-order valence-corrected chi connectivity index (χ3v) is 13.0. The SMILES string of the molecule is COc1cc2cc(c1Cl)N(C)C(=O)C[C@H](OC(=O)[C@H](C)N(C)C(=O)CCOCCOCCOCCOCCOCCOCCNC(=O)CN)[C@]1(C)OC1[C@H](C)[C@@H]1C[C@](O)(NC(=O)O1)[C@H](OC)/C=C/C=C(\C)C2. The summed E-state index contributed by atoms with van der Waals surface area (Å²) in [5, 5.41) is 17.1. The van der Waals surface area contributed by atoms with Gasteiger partial charge in [0, 0.05) is 40.1 Å². The second-order valence-corrected chi connectivity index (χ2v) is 18.3. The van der Waals surface area contributed by atoms with Gasteiger partial charge in [-0.15, -0.1) is 0 Å². The molecule has 4 rings (SSSR count). The molecule has 0 aliphatic carbocycles. The first-order chi connectivity index (χ1) is 34.4. The molecule has 4 bridgehead atoms. The van der Waals surface area contributed by atoms with Crippen molar-refractivity contribution in [2.75, 3.05) is 126 Å². The van der Waals surface area contributed by atoms with E-state index < -0.39 is 65.7 Å². The molecule has 3 aliphatic rings. The number of alkyl carbamates (subject to hydrolysis) is 1. The molecule has 4 amide bonds. The van der Waals surface area contributed by atoms with Crippen LogP contribution in [-0.4, -0.2) is 202 Å². The van der Waals surface area contributed by atoms with Crippen molar-refractivity contribution in [3.8, 4) is 5.75 Å². The number of anilines is 1. The number of epoxide rings is 1. The highest BCUT2D eigenvalue weighted by atomic mass is 35.5. The zero-order valence-electron chi connectivity index (χ0n) is 42.9. The number of hydrogen-bond donors (Lipinski definition) is 4. The molecular weight excluding hydrogens is 966 g/mol. The van der Waals surface area contributed by atoms with E-state index in [-0.39, 0.29) is 62.5 Å². The van der Waals surface area contributed by atoms with Crippen LogP contribution in [0.5, 0.6) is 5.75 Å². The molecular formula is C49H76ClN5O17. The van der Waals surface area contributed by atoms with E-state index in [0.717, 1.165) is 11.1 Å². The number of nitrogens with zero attached hydrogens (tertiary/aromatic N) is 2. The molecule has 3 heterocycles. The fourth-order valence-corrected chi connectivity index (χ4v) is 8.40. The molecule has 2 fully saturated rings. The summed E-state index contributed by atoms with van der Waals surface area (Å²) in [6, 6.07) is 2.49. The maximum atomic E-state index is 14.3. The van der Waals surface area contributed by atoms with Crippen molar-refractivity contribution in [3.63, 3.8) is 0 Å². The summed E-state index contributed by atoms with van der Waals surface area (Å²) in [4.78, 5) is 68.1. The fourth-order valence-electron chi connectivity index (χ4n) is 8.09. The number of amides is 4. The van der Waals surface area contributed by atoms with Gasteiger partial charge in [0.2, 0.25) is 17.7 Å². The summed E-state index contributed by atoms with van der Waals surface area (Å²) in [7, 11) is 5.94. The molecule has 5 N–H and O–H groups in total. The van der Waals surface area contributed by atoms with Crippen LogP contribution >= 0.6 is 11.6 Å². The Balaban J connectivity index is 1.27. The average molecular weight is 1040 g/mol. The molecule has 1 aromatic rings. The highest BCUT2D eigenvalue weighted by Crippen LogP contribution is 2.49.